The maximum absolute atomic E-state index is 11.1. The van der Waals surface area contributed by atoms with Crippen molar-refractivity contribution in [1.29, 1.82) is 0 Å². The van der Waals surface area contributed by atoms with Crippen molar-refractivity contribution in [3.05, 3.63) is 24.3 Å². The van der Waals surface area contributed by atoms with Gasteiger partial charge < -0.3 is 11.1 Å². The topological polar surface area (TPSA) is 76.4 Å². The number of nitrogens with two attached hydrogens (primary N) is 1. The van der Waals surface area contributed by atoms with Crippen LogP contribution in [0.2, 0.25) is 0 Å². The molecule has 1 rings (SSSR count). The molecule has 1 aliphatic heterocycles. The smallest absolute Gasteiger partial charge is 0.238 e. The Bertz CT molecular complexity index is 289. The first kappa shape index (κ1) is 12.9. The van der Waals surface area contributed by atoms with E-state index in [4.69, 9.17) is 10.6 Å². The summed E-state index contributed by atoms with van der Waals surface area (Å²) >= 11 is 0. The molecule has 90 valence electrons. The Morgan fingerprint density at radius 2 is 2.62 bits per heavy atom. The third-order valence-corrected chi connectivity index (χ3v) is 2.46. The van der Waals surface area contributed by atoms with Gasteiger partial charge >= 0.3 is 0 Å². The molecule has 5 nitrogen and oxygen atoms in total. The first-order valence-electron chi connectivity index (χ1n) is 5.40. The minimum absolute atomic E-state index is 0.0606. The van der Waals surface area contributed by atoms with E-state index in [1.807, 2.05) is 13.0 Å². The third kappa shape index (κ3) is 3.44. The Labute approximate surface area is 95.7 Å². The molecule has 0 saturated heterocycles. The van der Waals surface area contributed by atoms with Gasteiger partial charge in [0, 0.05) is 6.54 Å². The van der Waals surface area contributed by atoms with Gasteiger partial charge in [-0.1, -0.05) is 19.1 Å². The van der Waals surface area contributed by atoms with E-state index in [2.05, 4.69) is 17.4 Å². The molecule has 16 heavy (non-hydrogen) atoms. The van der Waals surface area contributed by atoms with Gasteiger partial charge in [0.1, 0.15) is 6.04 Å². The maximum Gasteiger partial charge on any atom is 0.238 e. The van der Waals surface area contributed by atoms with Crippen LogP contribution in [0.25, 0.3) is 0 Å². The van der Waals surface area contributed by atoms with Crippen LogP contribution >= 0.6 is 0 Å². The van der Waals surface area contributed by atoms with Gasteiger partial charge in [0.2, 0.25) is 5.91 Å². The standard InChI is InChI=1S/C11H19N3O2/c1-3-5-16-14-9-6-8(4-2)10(11(12)15)13-7-9/h3,6,9-10,13-14H,1,4-5,7H2,2H3,(H2,12,15)/t9-,10?/m1/s1. The number of hydrogen-bond donors (Lipinski definition) is 3. The molecular weight excluding hydrogens is 206 g/mol. The number of hydroxylamine groups is 1. The molecule has 0 aromatic carbocycles. The monoisotopic (exact) mass is 225 g/mol. The molecule has 0 aromatic rings. The minimum Gasteiger partial charge on any atom is -0.368 e. The van der Waals surface area contributed by atoms with E-state index in [0.29, 0.717) is 13.2 Å². The van der Waals surface area contributed by atoms with Crippen molar-refractivity contribution >= 4 is 5.91 Å². The summed E-state index contributed by atoms with van der Waals surface area (Å²) in [6.45, 7) is 6.62. The van der Waals surface area contributed by atoms with E-state index < -0.39 is 0 Å². The second-order valence-corrected chi connectivity index (χ2v) is 3.66. The second-order valence-electron chi connectivity index (χ2n) is 3.66. The van der Waals surface area contributed by atoms with Crippen molar-refractivity contribution in [2.45, 2.75) is 25.4 Å². The Morgan fingerprint density at radius 1 is 1.88 bits per heavy atom. The average molecular weight is 225 g/mol. The fraction of sp³-hybridized carbons (Fsp3) is 0.545. The lowest BCUT2D eigenvalue weighted by atomic mass is 9.97. The molecule has 0 fully saturated rings. The van der Waals surface area contributed by atoms with E-state index in [1.165, 1.54) is 0 Å². The Balaban J connectivity index is 2.55. The molecule has 4 N–H and O–H groups in total. The van der Waals surface area contributed by atoms with Gasteiger partial charge in [-0.05, 0) is 12.0 Å². The lowest BCUT2D eigenvalue weighted by Gasteiger charge is -2.28. The molecule has 0 aliphatic carbocycles. The molecule has 0 saturated carbocycles. The molecule has 2 atom stereocenters. The Hall–Kier alpha value is -1.17. The summed E-state index contributed by atoms with van der Waals surface area (Å²) in [4.78, 5) is 16.3. The van der Waals surface area contributed by atoms with E-state index in [-0.39, 0.29) is 18.0 Å². The van der Waals surface area contributed by atoms with Gasteiger partial charge in [-0.2, -0.15) is 5.48 Å². The zero-order valence-electron chi connectivity index (χ0n) is 9.53. The highest BCUT2D eigenvalue weighted by molar-refractivity contribution is 5.83. The van der Waals surface area contributed by atoms with Crippen LogP contribution in [0.1, 0.15) is 13.3 Å². The summed E-state index contributed by atoms with van der Waals surface area (Å²) < 4.78 is 0. The summed E-state index contributed by atoms with van der Waals surface area (Å²) in [5.41, 5.74) is 9.18. The first-order chi connectivity index (χ1) is 7.69. The summed E-state index contributed by atoms with van der Waals surface area (Å²) in [5.74, 6) is -0.335. The van der Waals surface area contributed by atoms with Crippen molar-refractivity contribution in [2.75, 3.05) is 13.2 Å². The molecule has 0 aromatic heterocycles. The van der Waals surface area contributed by atoms with E-state index >= 15 is 0 Å². The quantitative estimate of drug-likeness (QED) is 0.334. The van der Waals surface area contributed by atoms with Gasteiger partial charge in [0.15, 0.2) is 0 Å². The van der Waals surface area contributed by atoms with Crippen LogP contribution in [0, 0.1) is 0 Å². The zero-order chi connectivity index (χ0) is 12.0. The predicted molar refractivity (Wildman–Crippen MR) is 62.4 cm³/mol. The summed E-state index contributed by atoms with van der Waals surface area (Å²) in [5, 5.41) is 3.09. The fourth-order valence-electron chi connectivity index (χ4n) is 1.68. The second kappa shape index (κ2) is 6.42. The molecule has 1 heterocycles. The van der Waals surface area contributed by atoms with Crippen molar-refractivity contribution < 1.29 is 9.63 Å². The number of primary amides is 1. The number of nitrogens with one attached hydrogen (secondary N) is 2. The molecule has 5 heteroatoms. The molecule has 1 amide bonds. The Kier molecular flexibility index (Phi) is 5.18. The van der Waals surface area contributed by atoms with Crippen molar-refractivity contribution in [1.82, 2.24) is 10.8 Å². The number of carbonyl (C=O) groups excluding carboxylic acids is 1. The van der Waals surface area contributed by atoms with Gasteiger partial charge in [0.25, 0.3) is 0 Å². The van der Waals surface area contributed by atoms with Crippen LogP contribution in [0.5, 0.6) is 0 Å². The highest BCUT2D eigenvalue weighted by Gasteiger charge is 2.25. The Morgan fingerprint density at radius 3 is 3.19 bits per heavy atom. The van der Waals surface area contributed by atoms with Crippen LogP contribution in [-0.4, -0.2) is 31.1 Å². The molecule has 0 radical (unpaired) electrons. The van der Waals surface area contributed by atoms with Crippen molar-refractivity contribution in [3.63, 3.8) is 0 Å². The van der Waals surface area contributed by atoms with E-state index in [9.17, 15) is 4.79 Å². The van der Waals surface area contributed by atoms with E-state index in [1.54, 1.807) is 6.08 Å². The molecule has 0 spiro atoms. The predicted octanol–water partition coefficient (Wildman–Crippen LogP) is -0.144. The van der Waals surface area contributed by atoms with Crippen LogP contribution < -0.4 is 16.5 Å². The van der Waals surface area contributed by atoms with Gasteiger partial charge in [0.05, 0.1) is 12.6 Å². The summed E-state index contributed by atoms with van der Waals surface area (Å²) in [7, 11) is 0. The lowest BCUT2D eigenvalue weighted by Crippen LogP contribution is -2.51. The third-order valence-electron chi connectivity index (χ3n) is 2.46. The molecular formula is C11H19N3O2. The minimum atomic E-state index is -0.345. The van der Waals surface area contributed by atoms with Gasteiger partial charge in [-0.25, -0.2) is 0 Å². The largest absolute Gasteiger partial charge is 0.368 e. The van der Waals surface area contributed by atoms with E-state index in [0.717, 1.165) is 12.0 Å². The van der Waals surface area contributed by atoms with Crippen LogP contribution in [0.3, 0.4) is 0 Å². The van der Waals surface area contributed by atoms with Gasteiger partial charge in [-0.3, -0.25) is 9.63 Å². The number of hydrogen-bond acceptors (Lipinski definition) is 4. The number of carbonyl (C=O) groups is 1. The average Bonchev–Trinajstić information content (AvgIpc) is 2.29. The number of amides is 1. The lowest BCUT2D eigenvalue weighted by molar-refractivity contribution is -0.119. The molecule has 0 bridgehead atoms. The van der Waals surface area contributed by atoms with Crippen molar-refractivity contribution in [3.8, 4) is 0 Å². The first-order valence-corrected chi connectivity index (χ1v) is 5.40. The van der Waals surface area contributed by atoms with Crippen LogP contribution in [0.15, 0.2) is 24.3 Å². The SMILES string of the molecule is C=CCON[C@@H]1C=C(CC)C(C(N)=O)NC1. The van der Waals surface area contributed by atoms with Crippen LogP contribution in [0.4, 0.5) is 0 Å². The maximum atomic E-state index is 11.1. The zero-order valence-corrected chi connectivity index (χ0v) is 9.53. The molecule has 1 unspecified atom stereocenters. The highest BCUT2D eigenvalue weighted by Crippen LogP contribution is 2.12. The fourth-order valence-corrected chi connectivity index (χ4v) is 1.68. The van der Waals surface area contributed by atoms with Crippen molar-refractivity contribution in [2.24, 2.45) is 5.73 Å². The highest BCUT2D eigenvalue weighted by atomic mass is 16.6. The number of rotatable bonds is 6. The molecule has 1 aliphatic rings. The van der Waals surface area contributed by atoms with Crippen LogP contribution in [-0.2, 0) is 9.63 Å². The summed E-state index contributed by atoms with van der Waals surface area (Å²) in [6, 6.07) is -0.284. The van der Waals surface area contributed by atoms with Gasteiger partial charge in [-0.15, -0.1) is 6.58 Å². The normalized spacial score (nSPS) is 24.9. The summed E-state index contributed by atoms with van der Waals surface area (Å²) in [6.07, 6.45) is 4.45.